The zero-order valence-electron chi connectivity index (χ0n) is 14.1. The van der Waals surface area contributed by atoms with Crippen LogP contribution in [0.3, 0.4) is 0 Å². The number of nitrogens with one attached hydrogen (secondary N) is 3. The normalized spacial score (nSPS) is 20.2. The minimum absolute atomic E-state index is 0.0405. The van der Waals surface area contributed by atoms with Crippen LogP contribution in [-0.4, -0.2) is 44.1 Å². The van der Waals surface area contributed by atoms with Gasteiger partial charge in [0.25, 0.3) is 0 Å². The van der Waals surface area contributed by atoms with Crippen LogP contribution < -0.4 is 25.6 Å². The number of methoxy groups -OCH3 is 1. The maximum atomic E-state index is 12.2. The van der Waals surface area contributed by atoms with Crippen LogP contribution in [0.15, 0.2) is 18.2 Å². The van der Waals surface area contributed by atoms with Gasteiger partial charge in [0, 0.05) is 25.2 Å². The molecule has 4 amide bonds. The number of rotatable bonds is 4. The smallest absolute Gasteiger partial charge is 0.319 e. The third-order valence-electron chi connectivity index (χ3n) is 4.39. The number of amides is 4. The van der Waals surface area contributed by atoms with Crippen molar-refractivity contribution >= 4 is 29.2 Å². The highest BCUT2D eigenvalue weighted by molar-refractivity contribution is 5.99. The number of piperidine rings is 1. The Balaban J connectivity index is 1.70. The molecule has 2 aliphatic rings. The molecule has 1 unspecified atom stereocenters. The lowest BCUT2D eigenvalue weighted by molar-refractivity contribution is -0.124. The Labute approximate surface area is 145 Å². The van der Waals surface area contributed by atoms with Gasteiger partial charge in [0.15, 0.2) is 0 Å². The zero-order valence-corrected chi connectivity index (χ0v) is 14.1. The zero-order chi connectivity index (χ0) is 17.8. The van der Waals surface area contributed by atoms with Crippen molar-refractivity contribution in [2.75, 3.05) is 30.4 Å². The lowest BCUT2D eigenvalue weighted by atomic mass is 10.1. The van der Waals surface area contributed by atoms with Crippen LogP contribution in [0.5, 0.6) is 5.75 Å². The van der Waals surface area contributed by atoms with E-state index in [2.05, 4.69) is 16.0 Å². The van der Waals surface area contributed by atoms with Crippen molar-refractivity contribution in [2.45, 2.75) is 31.7 Å². The maximum absolute atomic E-state index is 12.2. The van der Waals surface area contributed by atoms with E-state index in [0.29, 0.717) is 43.1 Å². The topological polar surface area (TPSA) is 99.8 Å². The van der Waals surface area contributed by atoms with Gasteiger partial charge >= 0.3 is 6.03 Å². The van der Waals surface area contributed by atoms with Gasteiger partial charge in [-0.2, -0.15) is 0 Å². The summed E-state index contributed by atoms with van der Waals surface area (Å²) in [6.07, 6.45) is 2.77. The number of carbonyl (C=O) groups is 3. The van der Waals surface area contributed by atoms with Crippen molar-refractivity contribution in [3.05, 3.63) is 18.2 Å². The van der Waals surface area contributed by atoms with E-state index in [-0.39, 0.29) is 11.8 Å². The lowest BCUT2D eigenvalue weighted by Gasteiger charge is -2.23. The summed E-state index contributed by atoms with van der Waals surface area (Å²) in [5, 5.41) is 8.11. The summed E-state index contributed by atoms with van der Waals surface area (Å²) in [7, 11) is 1.54. The van der Waals surface area contributed by atoms with E-state index >= 15 is 0 Å². The van der Waals surface area contributed by atoms with Crippen LogP contribution in [0.4, 0.5) is 16.2 Å². The molecule has 2 saturated heterocycles. The molecule has 2 fully saturated rings. The predicted molar refractivity (Wildman–Crippen MR) is 92.8 cm³/mol. The predicted octanol–water partition coefficient (Wildman–Crippen LogP) is 1.22. The van der Waals surface area contributed by atoms with Gasteiger partial charge in [-0.15, -0.1) is 0 Å². The fraction of sp³-hybridized carbons (Fsp3) is 0.471. The van der Waals surface area contributed by atoms with Crippen LogP contribution in [0.2, 0.25) is 0 Å². The van der Waals surface area contributed by atoms with Crippen molar-refractivity contribution in [3.8, 4) is 5.75 Å². The quantitative estimate of drug-likeness (QED) is 0.763. The molecule has 0 saturated carbocycles. The molecule has 8 nitrogen and oxygen atoms in total. The second-order valence-electron chi connectivity index (χ2n) is 6.12. The largest absolute Gasteiger partial charge is 0.495 e. The molecule has 0 aromatic heterocycles. The first-order chi connectivity index (χ1) is 12.1. The Bertz CT molecular complexity index is 691. The summed E-state index contributed by atoms with van der Waals surface area (Å²) in [6.45, 7) is 1.28. The van der Waals surface area contributed by atoms with Crippen molar-refractivity contribution < 1.29 is 19.1 Å². The molecule has 25 heavy (non-hydrogen) atoms. The van der Waals surface area contributed by atoms with E-state index in [4.69, 9.17) is 4.74 Å². The Morgan fingerprint density at radius 2 is 2.16 bits per heavy atom. The number of hydrogen-bond acceptors (Lipinski definition) is 4. The van der Waals surface area contributed by atoms with Crippen LogP contribution in [0, 0.1) is 0 Å². The van der Waals surface area contributed by atoms with Crippen molar-refractivity contribution in [1.82, 2.24) is 10.6 Å². The van der Waals surface area contributed by atoms with Crippen molar-refractivity contribution in [1.29, 1.82) is 0 Å². The first-order valence-electron chi connectivity index (χ1n) is 8.42. The number of hydrogen-bond donors (Lipinski definition) is 3. The second-order valence-corrected chi connectivity index (χ2v) is 6.12. The van der Waals surface area contributed by atoms with Gasteiger partial charge in [0.05, 0.1) is 12.8 Å². The molecular weight excluding hydrogens is 324 g/mol. The third-order valence-corrected chi connectivity index (χ3v) is 4.39. The maximum Gasteiger partial charge on any atom is 0.319 e. The van der Waals surface area contributed by atoms with Crippen molar-refractivity contribution in [3.63, 3.8) is 0 Å². The lowest BCUT2D eigenvalue weighted by Crippen LogP contribution is -2.51. The average Bonchev–Trinajstić information content (AvgIpc) is 3.03. The molecule has 0 aliphatic carbocycles. The van der Waals surface area contributed by atoms with E-state index in [0.717, 1.165) is 12.8 Å². The SMILES string of the molecule is COc1ccc(NC(=O)NC2CCCNC2=O)cc1N1CCCC1=O. The number of anilines is 2. The monoisotopic (exact) mass is 346 g/mol. The van der Waals surface area contributed by atoms with Gasteiger partial charge in [-0.3, -0.25) is 9.59 Å². The highest BCUT2D eigenvalue weighted by atomic mass is 16.5. The Morgan fingerprint density at radius 3 is 2.84 bits per heavy atom. The fourth-order valence-electron chi connectivity index (χ4n) is 3.12. The number of nitrogens with zero attached hydrogens (tertiary/aromatic N) is 1. The summed E-state index contributed by atoms with van der Waals surface area (Å²) < 4.78 is 5.33. The molecule has 2 aliphatic heterocycles. The summed E-state index contributed by atoms with van der Waals surface area (Å²) in [4.78, 5) is 37.5. The average molecular weight is 346 g/mol. The second kappa shape index (κ2) is 7.42. The molecule has 3 N–H and O–H groups in total. The van der Waals surface area contributed by atoms with E-state index in [1.165, 1.54) is 0 Å². The molecule has 1 aromatic carbocycles. The van der Waals surface area contributed by atoms with Crippen LogP contribution in [0.1, 0.15) is 25.7 Å². The third kappa shape index (κ3) is 3.84. The highest BCUT2D eigenvalue weighted by Crippen LogP contribution is 2.33. The van der Waals surface area contributed by atoms with Crippen LogP contribution in [0.25, 0.3) is 0 Å². The number of ether oxygens (including phenoxy) is 1. The standard InChI is InChI=1S/C17H22N4O4/c1-25-14-7-6-11(10-13(14)21-9-3-5-15(21)22)19-17(24)20-12-4-2-8-18-16(12)23/h6-7,10,12H,2-5,8-9H2,1H3,(H,18,23)(H2,19,20,24). The number of carbonyl (C=O) groups excluding carboxylic acids is 3. The summed E-state index contributed by atoms with van der Waals surface area (Å²) in [5.74, 6) is 0.450. The molecule has 0 radical (unpaired) electrons. The number of benzene rings is 1. The fourth-order valence-corrected chi connectivity index (χ4v) is 3.12. The number of urea groups is 1. The van der Waals surface area contributed by atoms with E-state index in [9.17, 15) is 14.4 Å². The van der Waals surface area contributed by atoms with E-state index < -0.39 is 12.1 Å². The van der Waals surface area contributed by atoms with Gasteiger partial charge in [0.2, 0.25) is 11.8 Å². The highest BCUT2D eigenvalue weighted by Gasteiger charge is 2.26. The first-order valence-corrected chi connectivity index (χ1v) is 8.42. The molecule has 1 aromatic rings. The van der Waals surface area contributed by atoms with Gasteiger partial charge in [-0.05, 0) is 37.5 Å². The van der Waals surface area contributed by atoms with Crippen molar-refractivity contribution in [2.24, 2.45) is 0 Å². The van der Waals surface area contributed by atoms with Crippen LogP contribution >= 0.6 is 0 Å². The molecule has 3 rings (SSSR count). The molecule has 0 spiro atoms. The van der Waals surface area contributed by atoms with Gasteiger partial charge in [-0.25, -0.2) is 4.79 Å². The Morgan fingerprint density at radius 1 is 1.32 bits per heavy atom. The summed E-state index contributed by atoms with van der Waals surface area (Å²) >= 11 is 0. The Hall–Kier alpha value is -2.77. The summed E-state index contributed by atoms with van der Waals surface area (Å²) in [6, 6.07) is 4.15. The molecule has 2 heterocycles. The molecule has 134 valence electrons. The molecule has 8 heteroatoms. The Kier molecular flexibility index (Phi) is 5.06. The molecular formula is C17H22N4O4. The van der Waals surface area contributed by atoms with E-state index in [1.807, 2.05) is 0 Å². The molecule has 0 bridgehead atoms. The minimum Gasteiger partial charge on any atom is -0.495 e. The first kappa shape index (κ1) is 17.1. The van der Waals surface area contributed by atoms with Crippen LogP contribution in [-0.2, 0) is 9.59 Å². The van der Waals surface area contributed by atoms with Gasteiger partial charge < -0.3 is 25.6 Å². The summed E-state index contributed by atoms with van der Waals surface area (Å²) in [5.41, 5.74) is 1.17. The minimum atomic E-state index is -0.522. The van der Waals surface area contributed by atoms with Gasteiger partial charge in [0.1, 0.15) is 11.8 Å². The molecule has 1 atom stereocenters. The van der Waals surface area contributed by atoms with Gasteiger partial charge in [-0.1, -0.05) is 0 Å². The van der Waals surface area contributed by atoms with E-state index in [1.54, 1.807) is 30.2 Å².